The molecule has 0 atom stereocenters. The van der Waals surface area contributed by atoms with Crippen molar-refractivity contribution < 1.29 is 46.5 Å². The van der Waals surface area contributed by atoms with Crippen LogP contribution < -0.4 is 23.5 Å². The van der Waals surface area contributed by atoms with Crippen molar-refractivity contribution in [1.82, 2.24) is 0 Å². The van der Waals surface area contributed by atoms with Crippen LogP contribution >= 0.6 is 0 Å². The molecular formula is C20H21NO9S. The number of hydrogen-bond donors (Lipinski definition) is 1. The molecule has 31 heavy (non-hydrogen) atoms. The van der Waals surface area contributed by atoms with E-state index in [-0.39, 0.29) is 5.48 Å². The summed E-state index contributed by atoms with van der Waals surface area (Å²) in [6.45, 7) is 1.21. The normalized spacial score (nSPS) is 13.3. The molecule has 0 aliphatic carbocycles. The topological polar surface area (TPSA) is 150 Å². The van der Waals surface area contributed by atoms with E-state index < -0.39 is 10.4 Å². The molecule has 0 radical (unpaired) electrons. The molecular weight excluding hydrogens is 430 g/mol. The molecule has 0 saturated carbocycles. The molecule has 3 heterocycles. The number of fused-ring (bicyclic) bond motifs is 5. The van der Waals surface area contributed by atoms with E-state index in [2.05, 4.69) is 35.0 Å². The summed E-state index contributed by atoms with van der Waals surface area (Å²) < 4.78 is 57.2. The predicted octanol–water partition coefficient (Wildman–Crippen LogP) is 1.28. The van der Waals surface area contributed by atoms with Crippen molar-refractivity contribution in [3.05, 3.63) is 42.1 Å². The first-order chi connectivity index (χ1) is 14.3. The predicted molar refractivity (Wildman–Crippen MR) is 108 cm³/mol. The summed E-state index contributed by atoms with van der Waals surface area (Å²) >= 11 is 0. The number of hydrogen-bond acceptors (Lipinski definition) is 7. The second-order valence-corrected chi connectivity index (χ2v) is 7.55. The zero-order valence-electron chi connectivity index (χ0n) is 16.7. The number of ether oxygens (including phenoxy) is 4. The molecule has 0 fully saturated rings. The highest BCUT2D eigenvalue weighted by Crippen LogP contribution is 2.41. The van der Waals surface area contributed by atoms with Crippen molar-refractivity contribution in [2.75, 3.05) is 21.0 Å². The fraction of sp³-hybridized carbons (Fsp3) is 0.250. The van der Waals surface area contributed by atoms with E-state index in [9.17, 15) is 0 Å². The molecule has 2 aromatic carbocycles. The average molecular weight is 451 g/mol. The lowest BCUT2D eigenvalue weighted by Crippen LogP contribution is -2.40. The number of methoxy groups -OCH3 is 2. The van der Waals surface area contributed by atoms with E-state index >= 15 is 0 Å². The monoisotopic (exact) mass is 451 g/mol. The molecule has 11 heteroatoms. The van der Waals surface area contributed by atoms with Crippen molar-refractivity contribution in [3.63, 3.8) is 0 Å². The summed E-state index contributed by atoms with van der Waals surface area (Å²) in [5.41, 5.74) is 3.68. The highest BCUT2D eigenvalue weighted by molar-refractivity contribution is 7.79. The Morgan fingerprint density at radius 2 is 1.77 bits per heavy atom. The van der Waals surface area contributed by atoms with Crippen molar-refractivity contribution in [1.29, 1.82) is 0 Å². The van der Waals surface area contributed by atoms with Crippen molar-refractivity contribution >= 4 is 21.2 Å². The van der Waals surface area contributed by atoms with E-state index in [4.69, 9.17) is 36.5 Å². The Morgan fingerprint density at radius 3 is 2.42 bits per heavy atom. The number of pyridine rings is 1. The highest BCUT2D eigenvalue weighted by Gasteiger charge is 2.28. The molecule has 2 aliphatic rings. The van der Waals surface area contributed by atoms with Gasteiger partial charge in [-0.3, -0.25) is 4.55 Å². The molecule has 3 N–H and O–H groups in total. The molecule has 5 rings (SSSR count). The zero-order chi connectivity index (χ0) is 21.5. The second-order valence-electron chi connectivity index (χ2n) is 6.70. The van der Waals surface area contributed by atoms with Crippen LogP contribution in [-0.4, -0.2) is 44.0 Å². The van der Waals surface area contributed by atoms with Crippen LogP contribution in [0, 0.1) is 0 Å². The smallest absolute Gasteiger partial charge is 0.231 e. The number of aryl methyl sites for hydroxylation is 2. The van der Waals surface area contributed by atoms with Gasteiger partial charge in [-0.15, -0.1) is 0 Å². The fourth-order valence-corrected chi connectivity index (χ4v) is 3.77. The molecule has 3 aromatic rings. The number of rotatable bonds is 2. The summed E-state index contributed by atoms with van der Waals surface area (Å²) in [4.78, 5) is 0. The fourth-order valence-electron chi connectivity index (χ4n) is 3.77. The Hall–Kier alpha value is -3.12. The average Bonchev–Trinajstić information content (AvgIpc) is 3.16. The largest absolute Gasteiger partial charge is 0.726 e. The van der Waals surface area contributed by atoms with Crippen molar-refractivity contribution in [2.24, 2.45) is 0 Å². The molecule has 10 nitrogen and oxygen atoms in total. The summed E-state index contributed by atoms with van der Waals surface area (Å²) in [7, 11) is -1.58. The maximum absolute atomic E-state index is 8.63. The standard InChI is InChI=1S/C20H18NO4.H2O4S.H2O/c1-22-17-4-3-12-7-16-14-9-19-18(24-11-25-19)8-13(14)5-6-21(16)10-15(12)20(17)23-2;1-5(2,3)4;/h3-4,7-10H,5-6,11H2,1-2H3;(H2,1,2,3,4);1H2/q+1;;/p-1. The third kappa shape index (κ3) is 4.49. The molecule has 0 saturated heterocycles. The van der Waals surface area contributed by atoms with Gasteiger partial charge in [0.15, 0.2) is 35.7 Å². The van der Waals surface area contributed by atoms with Gasteiger partial charge in [-0.1, -0.05) is 0 Å². The molecule has 0 bridgehead atoms. The van der Waals surface area contributed by atoms with Gasteiger partial charge in [-0.25, -0.2) is 8.42 Å². The third-order valence-electron chi connectivity index (χ3n) is 5.00. The van der Waals surface area contributed by atoms with E-state index in [1.54, 1.807) is 14.2 Å². The van der Waals surface area contributed by atoms with E-state index in [1.807, 2.05) is 6.07 Å². The summed E-state index contributed by atoms with van der Waals surface area (Å²) in [6.07, 6.45) is 3.11. The van der Waals surface area contributed by atoms with Crippen LogP contribution in [0.3, 0.4) is 0 Å². The Balaban J connectivity index is 0.000000411. The van der Waals surface area contributed by atoms with Crippen LogP contribution in [0.5, 0.6) is 23.0 Å². The number of benzene rings is 2. The SMILES string of the molecule is COc1ccc2cc3[n+](cc2c1OC)CCc1cc2c(cc1-3)OCO2.O.O=S(=O)([O-])O. The van der Waals surface area contributed by atoms with Gasteiger partial charge in [-0.05, 0) is 35.2 Å². The Bertz CT molecular complexity index is 1230. The Kier molecular flexibility index (Phi) is 6.23. The maximum Gasteiger partial charge on any atom is 0.231 e. The van der Waals surface area contributed by atoms with Gasteiger partial charge in [0.05, 0.1) is 25.2 Å². The van der Waals surface area contributed by atoms with E-state index in [0.717, 1.165) is 46.7 Å². The molecule has 0 amide bonds. The Morgan fingerprint density at radius 1 is 1.10 bits per heavy atom. The summed E-state index contributed by atoms with van der Waals surface area (Å²) in [5, 5.41) is 2.17. The minimum Gasteiger partial charge on any atom is -0.726 e. The number of aromatic nitrogens is 1. The van der Waals surface area contributed by atoms with Gasteiger partial charge in [0.1, 0.15) is 0 Å². The first kappa shape index (κ1) is 22.6. The van der Waals surface area contributed by atoms with Crippen LogP contribution in [0.2, 0.25) is 0 Å². The van der Waals surface area contributed by atoms with Gasteiger partial charge in [-0.2, -0.15) is 4.57 Å². The first-order valence-electron chi connectivity index (χ1n) is 8.98. The van der Waals surface area contributed by atoms with Crippen LogP contribution in [0.25, 0.3) is 22.0 Å². The van der Waals surface area contributed by atoms with Crippen molar-refractivity contribution in [3.8, 4) is 34.3 Å². The third-order valence-corrected chi connectivity index (χ3v) is 5.00. The van der Waals surface area contributed by atoms with Crippen molar-refractivity contribution in [2.45, 2.75) is 13.0 Å². The zero-order valence-corrected chi connectivity index (χ0v) is 17.6. The summed E-state index contributed by atoms with van der Waals surface area (Å²) in [5.74, 6) is 3.18. The minimum absolute atomic E-state index is 0. The van der Waals surface area contributed by atoms with Gasteiger partial charge >= 0.3 is 0 Å². The van der Waals surface area contributed by atoms with Crippen LogP contribution in [-0.2, 0) is 23.4 Å². The second kappa shape index (κ2) is 8.55. The lowest BCUT2D eigenvalue weighted by atomic mass is 9.95. The van der Waals surface area contributed by atoms with Crippen LogP contribution in [0.4, 0.5) is 0 Å². The quantitative estimate of drug-likeness (QED) is 0.348. The first-order valence-corrected chi connectivity index (χ1v) is 10.3. The lowest BCUT2D eigenvalue weighted by molar-refractivity contribution is -0.686. The van der Waals surface area contributed by atoms with Gasteiger partial charge < -0.3 is 29.0 Å². The molecule has 2 aliphatic heterocycles. The van der Waals surface area contributed by atoms with E-state index in [0.29, 0.717) is 6.79 Å². The maximum atomic E-state index is 8.63. The van der Waals surface area contributed by atoms with Gasteiger partial charge in [0.2, 0.25) is 22.9 Å². The molecule has 1 aromatic heterocycles. The molecule has 0 spiro atoms. The minimum atomic E-state index is -4.92. The highest BCUT2D eigenvalue weighted by atomic mass is 32.3. The van der Waals surface area contributed by atoms with E-state index in [1.165, 1.54) is 16.8 Å². The Labute approximate surface area is 178 Å². The lowest BCUT2D eigenvalue weighted by Gasteiger charge is -2.17. The summed E-state index contributed by atoms with van der Waals surface area (Å²) in [6, 6.07) is 10.4. The van der Waals surface area contributed by atoms with Crippen LogP contribution in [0.15, 0.2) is 36.5 Å². The number of nitrogens with zero attached hydrogens (tertiary/aromatic N) is 1. The molecule has 0 unspecified atom stereocenters. The van der Waals surface area contributed by atoms with Crippen LogP contribution in [0.1, 0.15) is 5.56 Å². The van der Waals surface area contributed by atoms with Gasteiger partial charge in [0, 0.05) is 12.5 Å². The van der Waals surface area contributed by atoms with Gasteiger partial charge in [0.25, 0.3) is 0 Å². The molecule has 166 valence electrons.